The van der Waals surface area contributed by atoms with E-state index in [2.05, 4.69) is 10.1 Å². The first-order chi connectivity index (χ1) is 9.33. The van der Waals surface area contributed by atoms with Crippen molar-refractivity contribution in [2.75, 3.05) is 13.6 Å². The summed E-state index contributed by atoms with van der Waals surface area (Å²) in [5, 5.41) is 13.8. The molecule has 1 N–H and O–H groups in total. The molecule has 0 bridgehead atoms. The van der Waals surface area contributed by atoms with Crippen molar-refractivity contribution in [1.29, 1.82) is 0 Å². The van der Waals surface area contributed by atoms with Crippen LogP contribution in [0.1, 0.15) is 25.2 Å². The van der Waals surface area contributed by atoms with Crippen LogP contribution >= 0.6 is 0 Å². The van der Waals surface area contributed by atoms with Gasteiger partial charge < -0.3 is 9.63 Å². The fourth-order valence-electron chi connectivity index (χ4n) is 2.17. The highest BCUT2D eigenvalue weighted by Crippen LogP contribution is 2.18. The van der Waals surface area contributed by atoms with Crippen LogP contribution < -0.4 is 0 Å². The van der Waals surface area contributed by atoms with Crippen LogP contribution in [-0.2, 0) is 6.54 Å². The van der Waals surface area contributed by atoms with Crippen LogP contribution in [-0.4, -0.2) is 39.3 Å². The molecule has 0 unspecified atom stereocenters. The number of aromatic nitrogens is 2. The maximum Gasteiger partial charge on any atom is 0.257 e. The van der Waals surface area contributed by atoms with Crippen molar-refractivity contribution in [2.24, 2.45) is 0 Å². The van der Waals surface area contributed by atoms with E-state index < -0.39 is 5.60 Å². The third-order valence-electron chi connectivity index (χ3n) is 2.80. The van der Waals surface area contributed by atoms with Crippen molar-refractivity contribution in [3.63, 3.8) is 0 Å². The molecule has 1 aromatic heterocycles. The van der Waals surface area contributed by atoms with Gasteiger partial charge in [-0.1, -0.05) is 22.9 Å². The fourth-order valence-corrected chi connectivity index (χ4v) is 2.17. The molecule has 2 aromatic rings. The highest BCUT2D eigenvalue weighted by Gasteiger charge is 2.17. The van der Waals surface area contributed by atoms with Gasteiger partial charge in [0.1, 0.15) is 0 Å². The molecule has 0 aliphatic carbocycles. The van der Waals surface area contributed by atoms with Crippen molar-refractivity contribution < 1.29 is 9.63 Å². The Morgan fingerprint density at radius 3 is 2.75 bits per heavy atom. The van der Waals surface area contributed by atoms with E-state index in [9.17, 15) is 5.11 Å². The van der Waals surface area contributed by atoms with E-state index in [1.165, 1.54) is 0 Å². The molecule has 108 valence electrons. The predicted octanol–water partition coefficient (Wildman–Crippen LogP) is 2.25. The summed E-state index contributed by atoms with van der Waals surface area (Å²) >= 11 is 0. The highest BCUT2D eigenvalue weighted by molar-refractivity contribution is 5.53. The van der Waals surface area contributed by atoms with Gasteiger partial charge in [0.15, 0.2) is 5.82 Å². The van der Waals surface area contributed by atoms with Gasteiger partial charge in [0.05, 0.1) is 12.1 Å². The summed E-state index contributed by atoms with van der Waals surface area (Å²) in [6, 6.07) is 7.95. The van der Waals surface area contributed by atoms with Crippen molar-refractivity contribution in [2.45, 2.75) is 32.9 Å². The second-order valence-electron chi connectivity index (χ2n) is 5.87. The van der Waals surface area contributed by atoms with E-state index in [0.29, 0.717) is 24.8 Å². The Kier molecular flexibility index (Phi) is 4.20. The lowest BCUT2D eigenvalue weighted by Crippen LogP contribution is -2.36. The van der Waals surface area contributed by atoms with Crippen LogP contribution in [0, 0.1) is 6.92 Å². The lowest BCUT2D eigenvalue weighted by molar-refractivity contribution is 0.0416. The number of aliphatic hydroxyl groups is 1. The second-order valence-corrected chi connectivity index (χ2v) is 5.87. The number of hydrogen-bond acceptors (Lipinski definition) is 5. The van der Waals surface area contributed by atoms with Crippen LogP contribution in [0.4, 0.5) is 0 Å². The van der Waals surface area contributed by atoms with Gasteiger partial charge in [-0.05, 0) is 40.0 Å². The van der Waals surface area contributed by atoms with Crippen LogP contribution in [0.3, 0.4) is 0 Å². The Hall–Kier alpha value is -1.72. The molecule has 5 nitrogen and oxygen atoms in total. The molecular weight excluding hydrogens is 254 g/mol. The number of aryl methyl sites for hydroxylation is 1. The monoisotopic (exact) mass is 275 g/mol. The van der Waals surface area contributed by atoms with E-state index in [0.717, 1.165) is 11.1 Å². The summed E-state index contributed by atoms with van der Waals surface area (Å²) in [4.78, 5) is 6.35. The average molecular weight is 275 g/mol. The smallest absolute Gasteiger partial charge is 0.257 e. The third kappa shape index (κ3) is 4.15. The van der Waals surface area contributed by atoms with Crippen LogP contribution in [0.2, 0.25) is 0 Å². The normalized spacial score (nSPS) is 12.1. The maximum absolute atomic E-state index is 9.77. The lowest BCUT2D eigenvalue weighted by Gasteiger charge is -2.24. The quantitative estimate of drug-likeness (QED) is 0.906. The molecule has 0 fully saturated rings. The SMILES string of the molecule is Cc1cccc(-c2nc(CN(C)CC(C)(C)O)no2)c1. The Morgan fingerprint density at radius 2 is 2.10 bits per heavy atom. The molecule has 0 radical (unpaired) electrons. The average Bonchev–Trinajstić information content (AvgIpc) is 2.74. The van der Waals surface area contributed by atoms with Crippen LogP contribution in [0.5, 0.6) is 0 Å². The number of rotatable bonds is 5. The molecule has 1 heterocycles. The summed E-state index contributed by atoms with van der Waals surface area (Å²) in [5.74, 6) is 1.15. The third-order valence-corrected chi connectivity index (χ3v) is 2.80. The number of benzene rings is 1. The first kappa shape index (κ1) is 14.7. The second kappa shape index (κ2) is 5.73. The number of likely N-dealkylation sites (N-methyl/N-ethyl adjacent to an activating group) is 1. The molecule has 5 heteroatoms. The van der Waals surface area contributed by atoms with Gasteiger partial charge in [-0.15, -0.1) is 0 Å². The minimum Gasteiger partial charge on any atom is -0.389 e. The van der Waals surface area contributed by atoms with Crippen molar-refractivity contribution >= 4 is 0 Å². The molecule has 0 spiro atoms. The summed E-state index contributed by atoms with van der Waals surface area (Å²) in [5.41, 5.74) is 1.34. The van der Waals surface area contributed by atoms with E-state index in [1.54, 1.807) is 13.8 Å². The van der Waals surface area contributed by atoms with E-state index in [-0.39, 0.29) is 0 Å². The lowest BCUT2D eigenvalue weighted by atomic mass is 10.1. The standard InChI is InChI=1S/C15H21N3O2/c1-11-6-5-7-12(8-11)14-16-13(17-20-14)9-18(4)10-15(2,3)19/h5-8,19H,9-10H2,1-4H3. The molecule has 0 aliphatic rings. The van der Waals surface area contributed by atoms with Gasteiger partial charge in [0.2, 0.25) is 0 Å². The number of hydrogen-bond donors (Lipinski definition) is 1. The first-order valence-electron chi connectivity index (χ1n) is 6.64. The topological polar surface area (TPSA) is 62.4 Å². The highest BCUT2D eigenvalue weighted by atomic mass is 16.5. The molecule has 0 aliphatic heterocycles. The Balaban J connectivity index is 2.06. The van der Waals surface area contributed by atoms with Gasteiger partial charge >= 0.3 is 0 Å². The predicted molar refractivity (Wildman–Crippen MR) is 77.1 cm³/mol. The molecular formula is C15H21N3O2. The van der Waals surface area contributed by atoms with Crippen molar-refractivity contribution in [3.8, 4) is 11.5 Å². The summed E-state index contributed by atoms with van der Waals surface area (Å²) < 4.78 is 5.29. The van der Waals surface area contributed by atoms with E-state index in [1.807, 2.05) is 43.1 Å². The zero-order valence-corrected chi connectivity index (χ0v) is 12.4. The van der Waals surface area contributed by atoms with Gasteiger partial charge in [0.25, 0.3) is 5.89 Å². The first-order valence-corrected chi connectivity index (χ1v) is 6.64. The molecule has 0 atom stereocenters. The summed E-state index contributed by atoms with van der Waals surface area (Å²) in [6.45, 7) is 6.66. The molecule has 0 saturated carbocycles. The summed E-state index contributed by atoms with van der Waals surface area (Å²) in [7, 11) is 1.92. The molecule has 2 rings (SSSR count). The molecule has 1 aromatic carbocycles. The molecule has 0 amide bonds. The zero-order chi connectivity index (χ0) is 14.8. The number of nitrogens with zero attached hydrogens (tertiary/aromatic N) is 3. The largest absolute Gasteiger partial charge is 0.389 e. The Morgan fingerprint density at radius 1 is 1.35 bits per heavy atom. The van der Waals surface area contributed by atoms with Gasteiger partial charge in [-0.25, -0.2) is 0 Å². The van der Waals surface area contributed by atoms with E-state index in [4.69, 9.17) is 4.52 Å². The van der Waals surface area contributed by atoms with Gasteiger partial charge in [-0.3, -0.25) is 4.90 Å². The summed E-state index contributed by atoms with van der Waals surface area (Å²) in [6.07, 6.45) is 0. The minimum atomic E-state index is -0.738. The minimum absolute atomic E-state index is 0.528. The van der Waals surface area contributed by atoms with Crippen LogP contribution in [0.15, 0.2) is 28.8 Å². The van der Waals surface area contributed by atoms with Crippen molar-refractivity contribution in [1.82, 2.24) is 15.0 Å². The van der Waals surface area contributed by atoms with Gasteiger partial charge in [0, 0.05) is 12.1 Å². The van der Waals surface area contributed by atoms with Gasteiger partial charge in [-0.2, -0.15) is 4.98 Å². The fraction of sp³-hybridized carbons (Fsp3) is 0.467. The van der Waals surface area contributed by atoms with Crippen molar-refractivity contribution in [3.05, 3.63) is 35.7 Å². The zero-order valence-electron chi connectivity index (χ0n) is 12.4. The molecule has 20 heavy (non-hydrogen) atoms. The maximum atomic E-state index is 9.77. The Bertz CT molecular complexity index is 572. The molecule has 0 saturated heterocycles. The van der Waals surface area contributed by atoms with E-state index >= 15 is 0 Å². The Labute approximate surface area is 119 Å². The van der Waals surface area contributed by atoms with Crippen LogP contribution in [0.25, 0.3) is 11.5 Å².